The minimum Gasteiger partial charge on any atom is -0.323 e. The number of hydrogen-bond donors (Lipinski definition) is 2. The predicted octanol–water partition coefficient (Wildman–Crippen LogP) is 4.96. The molecule has 136 valence electrons. The molecule has 0 radical (unpaired) electrons. The van der Waals surface area contributed by atoms with Crippen molar-refractivity contribution in [2.45, 2.75) is 12.3 Å². The number of halogens is 1. The van der Waals surface area contributed by atoms with Gasteiger partial charge in [0, 0.05) is 16.4 Å². The molecule has 0 bridgehead atoms. The number of rotatable bonds is 6. The average molecular weight is 390 g/mol. The molecule has 1 unspecified atom stereocenters. The second kappa shape index (κ2) is 7.91. The van der Waals surface area contributed by atoms with Crippen LogP contribution in [0.1, 0.15) is 23.5 Å². The molecule has 3 N–H and O–H groups in total. The fraction of sp³-hybridized carbons (Fsp3) is 0.200. The number of nitrogens with two attached hydrogens (primary N) is 1. The van der Waals surface area contributed by atoms with Crippen molar-refractivity contribution in [3.05, 3.63) is 95.1 Å². The number of benzene rings is 2. The van der Waals surface area contributed by atoms with Gasteiger partial charge in [0.05, 0.1) is 6.16 Å². The Balaban J connectivity index is 2.17. The molecule has 3 rings (SSSR count). The van der Waals surface area contributed by atoms with Crippen LogP contribution in [0, 0.1) is 5.41 Å². The van der Waals surface area contributed by atoms with Crippen LogP contribution < -0.4 is 5.90 Å². The first-order valence-corrected chi connectivity index (χ1v) is 10.4. The predicted molar refractivity (Wildman–Crippen MR) is 105 cm³/mol. The van der Waals surface area contributed by atoms with E-state index in [0.717, 1.165) is 11.1 Å². The molecule has 0 spiro atoms. The van der Waals surface area contributed by atoms with E-state index in [1.165, 1.54) is 0 Å². The van der Waals surface area contributed by atoms with Crippen molar-refractivity contribution in [1.82, 2.24) is 0 Å². The Morgan fingerprint density at radius 1 is 1.12 bits per heavy atom. The molecule has 1 aliphatic carbocycles. The van der Waals surface area contributed by atoms with Gasteiger partial charge >= 0.3 is 7.60 Å². The molecule has 6 heteroatoms. The van der Waals surface area contributed by atoms with Crippen LogP contribution in [0.2, 0.25) is 0 Å². The van der Waals surface area contributed by atoms with Crippen LogP contribution in [0.4, 0.5) is 0 Å². The lowest BCUT2D eigenvalue weighted by Gasteiger charge is -2.40. The average Bonchev–Trinajstić information content (AvgIpc) is 2.66. The van der Waals surface area contributed by atoms with Crippen molar-refractivity contribution in [2.24, 2.45) is 11.3 Å². The molecule has 0 aliphatic heterocycles. The van der Waals surface area contributed by atoms with Crippen LogP contribution in [0.15, 0.2) is 83.9 Å². The SMILES string of the molecule is NOP(=O)(O)C[C@]1(C(c2ccccc2)c2ccccc2)C=CC(Cl)=CC1. The van der Waals surface area contributed by atoms with E-state index in [4.69, 9.17) is 17.5 Å². The lowest BCUT2D eigenvalue weighted by Crippen LogP contribution is -2.33. The van der Waals surface area contributed by atoms with Gasteiger partial charge in [-0.2, -0.15) is 0 Å². The molecule has 1 aliphatic rings. The Kier molecular flexibility index (Phi) is 5.81. The van der Waals surface area contributed by atoms with Gasteiger partial charge in [0.15, 0.2) is 0 Å². The normalized spacial score (nSPS) is 22.1. The summed E-state index contributed by atoms with van der Waals surface area (Å²) in [4.78, 5) is 10.2. The van der Waals surface area contributed by atoms with E-state index in [1.807, 2.05) is 72.8 Å². The maximum absolute atomic E-state index is 12.4. The maximum atomic E-state index is 12.4. The maximum Gasteiger partial charge on any atom is 0.345 e. The van der Waals surface area contributed by atoms with Gasteiger partial charge in [-0.1, -0.05) is 84.4 Å². The summed E-state index contributed by atoms with van der Waals surface area (Å²) in [7, 11) is -3.97. The van der Waals surface area contributed by atoms with Crippen molar-refractivity contribution >= 4 is 19.2 Å². The smallest absolute Gasteiger partial charge is 0.323 e. The topological polar surface area (TPSA) is 72.5 Å². The molecule has 2 atom stereocenters. The van der Waals surface area contributed by atoms with E-state index in [9.17, 15) is 9.46 Å². The summed E-state index contributed by atoms with van der Waals surface area (Å²) in [5.41, 5.74) is 1.41. The van der Waals surface area contributed by atoms with Crippen molar-refractivity contribution in [1.29, 1.82) is 0 Å². The summed E-state index contributed by atoms with van der Waals surface area (Å²) in [6.07, 6.45) is 5.96. The second-order valence-corrected chi connectivity index (χ2v) is 8.75. The summed E-state index contributed by atoms with van der Waals surface area (Å²) in [5.74, 6) is 4.95. The highest BCUT2D eigenvalue weighted by Crippen LogP contribution is 2.56. The molecular weight excluding hydrogens is 369 g/mol. The van der Waals surface area contributed by atoms with E-state index in [2.05, 4.69) is 4.62 Å². The Hall–Kier alpha value is -1.68. The third-order valence-electron chi connectivity index (χ3n) is 4.75. The van der Waals surface area contributed by atoms with Gasteiger partial charge in [0.2, 0.25) is 0 Å². The van der Waals surface area contributed by atoms with Crippen molar-refractivity contribution in [2.75, 3.05) is 6.16 Å². The van der Waals surface area contributed by atoms with Crippen molar-refractivity contribution in [3.8, 4) is 0 Å². The summed E-state index contributed by atoms with van der Waals surface area (Å²) < 4.78 is 16.9. The van der Waals surface area contributed by atoms with Crippen LogP contribution in [-0.2, 0) is 9.19 Å². The third-order valence-corrected chi connectivity index (χ3v) is 6.35. The molecule has 0 saturated carbocycles. The van der Waals surface area contributed by atoms with Gasteiger partial charge in [0.1, 0.15) is 0 Å². The summed E-state index contributed by atoms with van der Waals surface area (Å²) in [6, 6.07) is 19.9. The lowest BCUT2D eigenvalue weighted by atomic mass is 9.66. The molecule has 0 aromatic heterocycles. The monoisotopic (exact) mass is 389 g/mol. The first kappa shape index (κ1) is 19.1. The lowest BCUT2D eigenvalue weighted by molar-refractivity contribution is 0.248. The van der Waals surface area contributed by atoms with E-state index in [0.29, 0.717) is 11.5 Å². The molecule has 2 aromatic rings. The molecule has 4 nitrogen and oxygen atoms in total. The summed E-state index contributed by atoms with van der Waals surface area (Å²) in [6.45, 7) is 0. The fourth-order valence-corrected chi connectivity index (χ4v) is 5.02. The molecule has 0 saturated heterocycles. The number of allylic oxidation sites excluding steroid dienone is 4. The van der Waals surface area contributed by atoms with Crippen LogP contribution in [0.5, 0.6) is 0 Å². The zero-order valence-electron chi connectivity index (χ0n) is 14.2. The molecular formula is C20H21ClNO3P. The quantitative estimate of drug-likeness (QED) is 0.540. The van der Waals surface area contributed by atoms with Gasteiger partial charge in [0.25, 0.3) is 0 Å². The Bertz CT molecular complexity index is 814. The summed E-state index contributed by atoms with van der Waals surface area (Å²) in [5, 5.41) is 0.613. The first-order chi connectivity index (χ1) is 12.5. The summed E-state index contributed by atoms with van der Waals surface area (Å²) >= 11 is 6.13. The third kappa shape index (κ3) is 4.17. The Morgan fingerprint density at radius 3 is 2.08 bits per heavy atom. The minimum absolute atomic E-state index is 0.109. The van der Waals surface area contributed by atoms with Gasteiger partial charge in [-0.15, -0.1) is 0 Å². The molecule has 0 amide bonds. The number of hydrogen-bond acceptors (Lipinski definition) is 3. The Morgan fingerprint density at radius 2 is 1.65 bits per heavy atom. The first-order valence-electron chi connectivity index (χ1n) is 8.31. The highest BCUT2D eigenvalue weighted by Gasteiger charge is 2.44. The molecule has 0 fully saturated rings. The standard InChI is InChI=1S/C20H21ClNO3P/c21-18-11-13-20(14-12-18,15-26(23,24)25-22)19(16-7-3-1-4-8-16)17-9-5-2-6-10-17/h1-13,19H,14-15,22H2,(H,23,24)/t20-/m0/s1. The molecule has 26 heavy (non-hydrogen) atoms. The van der Waals surface area contributed by atoms with E-state index >= 15 is 0 Å². The second-order valence-electron chi connectivity index (χ2n) is 6.51. The zero-order chi connectivity index (χ0) is 18.6. The van der Waals surface area contributed by atoms with Gasteiger partial charge in [-0.3, -0.25) is 4.57 Å². The fourth-order valence-electron chi connectivity index (χ4n) is 3.65. The van der Waals surface area contributed by atoms with Gasteiger partial charge < -0.3 is 4.89 Å². The van der Waals surface area contributed by atoms with Crippen LogP contribution in [0.25, 0.3) is 0 Å². The van der Waals surface area contributed by atoms with E-state index in [-0.39, 0.29) is 12.1 Å². The highest BCUT2D eigenvalue weighted by molar-refractivity contribution is 7.52. The highest BCUT2D eigenvalue weighted by atomic mass is 35.5. The van der Waals surface area contributed by atoms with Crippen LogP contribution in [-0.4, -0.2) is 11.1 Å². The van der Waals surface area contributed by atoms with Crippen molar-refractivity contribution < 1.29 is 14.1 Å². The molecule has 0 heterocycles. The van der Waals surface area contributed by atoms with E-state index in [1.54, 1.807) is 6.08 Å². The zero-order valence-corrected chi connectivity index (χ0v) is 15.8. The van der Waals surface area contributed by atoms with Gasteiger partial charge in [-0.05, 0) is 23.6 Å². The largest absolute Gasteiger partial charge is 0.345 e. The molecule has 2 aromatic carbocycles. The van der Waals surface area contributed by atoms with Crippen LogP contribution in [0.3, 0.4) is 0 Å². The van der Waals surface area contributed by atoms with Crippen molar-refractivity contribution in [3.63, 3.8) is 0 Å². The van der Waals surface area contributed by atoms with E-state index < -0.39 is 13.0 Å². The van der Waals surface area contributed by atoms with Crippen LogP contribution >= 0.6 is 19.2 Å². The minimum atomic E-state index is -3.97. The Labute approximate surface area is 158 Å². The van der Waals surface area contributed by atoms with Gasteiger partial charge in [-0.25, -0.2) is 10.5 Å².